The van der Waals surface area contributed by atoms with Crippen molar-refractivity contribution in [2.75, 3.05) is 0 Å². The summed E-state index contributed by atoms with van der Waals surface area (Å²) >= 11 is 0. The fraction of sp³-hybridized carbons (Fsp3) is 0.0435. The van der Waals surface area contributed by atoms with Crippen molar-refractivity contribution >= 4 is 24.1 Å². The van der Waals surface area contributed by atoms with Crippen LogP contribution >= 0.6 is 0 Å². The maximum absolute atomic E-state index is 12.9. The van der Waals surface area contributed by atoms with E-state index in [4.69, 9.17) is 0 Å². The number of aldehydes is 2. The van der Waals surface area contributed by atoms with E-state index in [-0.39, 0.29) is 33.4 Å². The number of carbonyl (C=O) groups excluding carboxylic acids is 4. The lowest BCUT2D eigenvalue weighted by Gasteiger charge is -2.12. The van der Waals surface area contributed by atoms with Crippen molar-refractivity contribution in [2.45, 2.75) is 6.92 Å². The normalized spacial score (nSPS) is 10.3. The van der Waals surface area contributed by atoms with Crippen molar-refractivity contribution in [3.05, 3.63) is 99.6 Å². The van der Waals surface area contributed by atoms with Crippen LogP contribution in [0.5, 0.6) is 5.75 Å². The van der Waals surface area contributed by atoms with E-state index < -0.39 is 17.3 Å². The van der Waals surface area contributed by atoms with Gasteiger partial charge in [-0.25, -0.2) is 0 Å². The van der Waals surface area contributed by atoms with Crippen LogP contribution in [0.2, 0.25) is 0 Å². The van der Waals surface area contributed by atoms with Crippen LogP contribution in [0.15, 0.2) is 60.7 Å². The molecule has 0 aliphatic carbocycles. The van der Waals surface area contributed by atoms with Gasteiger partial charge in [0.2, 0.25) is 0 Å². The third kappa shape index (κ3) is 3.38. The van der Waals surface area contributed by atoms with Gasteiger partial charge in [-0.05, 0) is 24.6 Å². The second-order valence-electron chi connectivity index (χ2n) is 6.28. The third-order valence-electron chi connectivity index (χ3n) is 4.41. The molecule has 0 aliphatic rings. The second-order valence-corrected chi connectivity index (χ2v) is 6.28. The van der Waals surface area contributed by atoms with Gasteiger partial charge >= 0.3 is 0 Å². The number of aryl methyl sites for hydroxylation is 1. The quantitative estimate of drug-likeness (QED) is 0.525. The maximum atomic E-state index is 12.9. The molecule has 5 heteroatoms. The Morgan fingerprint density at radius 3 is 1.50 bits per heavy atom. The van der Waals surface area contributed by atoms with Gasteiger partial charge in [0, 0.05) is 22.3 Å². The topological polar surface area (TPSA) is 88.5 Å². The number of aromatic hydroxyl groups is 1. The molecule has 0 saturated heterocycles. The smallest absolute Gasteiger partial charge is 0.197 e. The van der Waals surface area contributed by atoms with Gasteiger partial charge in [0.05, 0.1) is 11.1 Å². The highest BCUT2D eigenvalue weighted by atomic mass is 16.3. The Hall–Kier alpha value is -3.86. The highest BCUT2D eigenvalue weighted by Gasteiger charge is 2.24. The first-order valence-corrected chi connectivity index (χ1v) is 8.49. The van der Waals surface area contributed by atoms with E-state index in [1.54, 1.807) is 31.2 Å². The molecule has 0 heterocycles. The van der Waals surface area contributed by atoms with E-state index in [0.717, 1.165) is 0 Å². The number of phenols is 1. The molecule has 3 rings (SSSR count). The average Bonchev–Trinajstić information content (AvgIpc) is 2.74. The fourth-order valence-electron chi connectivity index (χ4n) is 3.03. The SMILES string of the molecule is Cc1cc(C(=O)c2ccccc2C=O)c(O)c(C(=O)c2ccccc2C=O)c1. The molecule has 28 heavy (non-hydrogen) atoms. The van der Waals surface area contributed by atoms with Gasteiger partial charge in [0.1, 0.15) is 5.75 Å². The molecule has 0 atom stereocenters. The molecule has 0 spiro atoms. The Kier molecular flexibility index (Phi) is 5.27. The minimum Gasteiger partial charge on any atom is -0.506 e. The lowest BCUT2D eigenvalue weighted by atomic mass is 9.91. The molecular weight excluding hydrogens is 356 g/mol. The molecule has 0 radical (unpaired) electrons. The third-order valence-corrected chi connectivity index (χ3v) is 4.41. The Bertz CT molecular complexity index is 1030. The Morgan fingerprint density at radius 2 is 1.11 bits per heavy atom. The Labute approximate surface area is 161 Å². The van der Waals surface area contributed by atoms with Crippen molar-refractivity contribution < 1.29 is 24.3 Å². The van der Waals surface area contributed by atoms with Crippen LogP contribution in [0.1, 0.15) is 58.1 Å². The van der Waals surface area contributed by atoms with Gasteiger partial charge in [-0.3, -0.25) is 19.2 Å². The minimum atomic E-state index is -0.568. The number of phenolic OH excluding ortho intramolecular Hbond substituents is 1. The summed E-state index contributed by atoms with van der Waals surface area (Å²) in [6.45, 7) is 1.68. The molecule has 5 nitrogen and oxygen atoms in total. The van der Waals surface area contributed by atoms with E-state index in [2.05, 4.69) is 0 Å². The lowest BCUT2D eigenvalue weighted by molar-refractivity contribution is 0.102. The zero-order valence-electron chi connectivity index (χ0n) is 15.0. The maximum Gasteiger partial charge on any atom is 0.197 e. The van der Waals surface area contributed by atoms with E-state index in [0.29, 0.717) is 18.1 Å². The van der Waals surface area contributed by atoms with E-state index in [9.17, 15) is 24.3 Å². The Morgan fingerprint density at radius 1 is 0.714 bits per heavy atom. The van der Waals surface area contributed by atoms with Crippen LogP contribution in [-0.2, 0) is 0 Å². The zero-order chi connectivity index (χ0) is 20.3. The number of rotatable bonds is 6. The van der Waals surface area contributed by atoms with Crippen molar-refractivity contribution in [3.63, 3.8) is 0 Å². The lowest BCUT2D eigenvalue weighted by Crippen LogP contribution is -2.10. The van der Waals surface area contributed by atoms with Crippen molar-refractivity contribution in [2.24, 2.45) is 0 Å². The first-order chi connectivity index (χ1) is 13.5. The molecule has 0 aromatic heterocycles. The van der Waals surface area contributed by atoms with Crippen LogP contribution in [0.25, 0.3) is 0 Å². The van der Waals surface area contributed by atoms with Crippen LogP contribution in [0.4, 0.5) is 0 Å². The van der Waals surface area contributed by atoms with Crippen LogP contribution < -0.4 is 0 Å². The van der Waals surface area contributed by atoms with Gasteiger partial charge in [-0.15, -0.1) is 0 Å². The van der Waals surface area contributed by atoms with E-state index in [1.807, 2.05) is 0 Å². The molecule has 3 aromatic carbocycles. The van der Waals surface area contributed by atoms with E-state index >= 15 is 0 Å². The number of carbonyl (C=O) groups is 4. The summed E-state index contributed by atoms with van der Waals surface area (Å²) in [6.07, 6.45) is 1.12. The summed E-state index contributed by atoms with van der Waals surface area (Å²) in [6, 6.07) is 15.4. The Balaban J connectivity index is 2.15. The highest BCUT2D eigenvalue weighted by Crippen LogP contribution is 2.30. The van der Waals surface area contributed by atoms with Gasteiger partial charge in [-0.2, -0.15) is 0 Å². The monoisotopic (exact) mass is 372 g/mol. The van der Waals surface area contributed by atoms with Crippen LogP contribution in [0, 0.1) is 6.92 Å². The molecule has 0 bridgehead atoms. The summed E-state index contributed by atoms with van der Waals surface area (Å²) < 4.78 is 0. The van der Waals surface area contributed by atoms with Crippen molar-refractivity contribution in [3.8, 4) is 5.75 Å². The summed E-state index contributed by atoms with van der Waals surface area (Å²) in [5.74, 6) is -1.62. The number of ketones is 2. The second kappa shape index (κ2) is 7.80. The van der Waals surface area contributed by atoms with Crippen molar-refractivity contribution in [1.82, 2.24) is 0 Å². The first-order valence-electron chi connectivity index (χ1n) is 8.49. The molecule has 3 aromatic rings. The van der Waals surface area contributed by atoms with Gasteiger partial charge in [0.15, 0.2) is 24.1 Å². The largest absolute Gasteiger partial charge is 0.506 e. The summed E-state index contributed by atoms with van der Waals surface area (Å²) in [5, 5.41) is 10.7. The number of hydrogen-bond donors (Lipinski definition) is 1. The molecule has 1 N–H and O–H groups in total. The summed E-state index contributed by atoms with van der Waals surface area (Å²) in [4.78, 5) is 48.4. The molecule has 0 unspecified atom stereocenters. The molecule has 0 saturated carbocycles. The molecule has 0 amide bonds. The molecule has 138 valence electrons. The van der Waals surface area contributed by atoms with E-state index in [1.165, 1.54) is 36.4 Å². The fourth-order valence-corrected chi connectivity index (χ4v) is 3.03. The summed E-state index contributed by atoms with van der Waals surface area (Å²) in [5.41, 5.74) is 1.05. The average molecular weight is 372 g/mol. The van der Waals surface area contributed by atoms with Gasteiger partial charge in [0.25, 0.3) is 0 Å². The molecular formula is C23H16O5. The molecule has 0 aliphatic heterocycles. The standard InChI is InChI=1S/C23H16O5/c1-14-10-19(21(26)17-8-4-2-6-15(17)12-24)23(28)20(11-14)22(27)18-9-5-3-7-16(18)13-25/h2-13,28H,1H3. The summed E-state index contributed by atoms with van der Waals surface area (Å²) in [7, 11) is 0. The predicted octanol–water partition coefficient (Wildman–Crippen LogP) is 3.79. The zero-order valence-corrected chi connectivity index (χ0v) is 15.0. The molecule has 0 fully saturated rings. The number of hydrogen-bond acceptors (Lipinski definition) is 5. The van der Waals surface area contributed by atoms with Crippen molar-refractivity contribution in [1.29, 1.82) is 0 Å². The minimum absolute atomic E-state index is 0.0822. The van der Waals surface area contributed by atoms with Gasteiger partial charge < -0.3 is 5.11 Å². The predicted molar refractivity (Wildman–Crippen MR) is 103 cm³/mol. The highest BCUT2D eigenvalue weighted by molar-refractivity contribution is 6.19. The van der Waals surface area contributed by atoms with Crippen LogP contribution in [0.3, 0.4) is 0 Å². The first kappa shape index (κ1) is 18.9. The number of benzene rings is 3. The van der Waals surface area contributed by atoms with Crippen LogP contribution in [-0.4, -0.2) is 29.2 Å². The van der Waals surface area contributed by atoms with Gasteiger partial charge in [-0.1, -0.05) is 48.5 Å².